The standard InChI is InChI=1S/C8H11NS/c1-6-3-2-4-8(10)7(9)5-6/h2-6,10H,9H2,1H3. The maximum absolute atomic E-state index is 5.65. The highest BCUT2D eigenvalue weighted by Gasteiger charge is 1.99. The summed E-state index contributed by atoms with van der Waals surface area (Å²) in [6.45, 7) is 2.09. The first-order chi connectivity index (χ1) is 4.70. The molecule has 54 valence electrons. The van der Waals surface area contributed by atoms with Crippen molar-refractivity contribution in [3.8, 4) is 0 Å². The highest BCUT2D eigenvalue weighted by molar-refractivity contribution is 7.84. The van der Waals surface area contributed by atoms with Crippen molar-refractivity contribution < 1.29 is 0 Å². The van der Waals surface area contributed by atoms with Gasteiger partial charge in [0.25, 0.3) is 0 Å². The molecule has 0 aromatic rings. The molecular formula is C8H11NS. The van der Waals surface area contributed by atoms with Crippen molar-refractivity contribution in [1.82, 2.24) is 0 Å². The second kappa shape index (κ2) is 2.97. The minimum atomic E-state index is 0.417. The van der Waals surface area contributed by atoms with Crippen LogP contribution in [0.1, 0.15) is 6.92 Å². The summed E-state index contributed by atoms with van der Waals surface area (Å²) in [4.78, 5) is 0.848. The van der Waals surface area contributed by atoms with Crippen LogP contribution in [0.15, 0.2) is 34.9 Å². The summed E-state index contributed by atoms with van der Waals surface area (Å²) in [5.41, 5.74) is 6.41. The van der Waals surface area contributed by atoms with E-state index >= 15 is 0 Å². The lowest BCUT2D eigenvalue weighted by Crippen LogP contribution is -1.98. The molecule has 2 heteroatoms. The number of thiol groups is 1. The van der Waals surface area contributed by atoms with E-state index in [1.165, 1.54) is 0 Å². The van der Waals surface area contributed by atoms with E-state index in [1.54, 1.807) is 0 Å². The Bertz CT molecular complexity index is 213. The Morgan fingerprint density at radius 3 is 3.00 bits per heavy atom. The Labute approximate surface area is 66.7 Å². The summed E-state index contributed by atoms with van der Waals surface area (Å²) >= 11 is 4.18. The van der Waals surface area contributed by atoms with E-state index in [0.717, 1.165) is 10.6 Å². The topological polar surface area (TPSA) is 26.0 Å². The molecule has 0 radical (unpaired) electrons. The quantitative estimate of drug-likeness (QED) is 0.510. The number of allylic oxidation sites excluding steroid dienone is 4. The second-order valence-electron chi connectivity index (χ2n) is 2.42. The highest BCUT2D eigenvalue weighted by atomic mass is 32.1. The Hall–Kier alpha value is -0.630. The van der Waals surface area contributed by atoms with Crippen molar-refractivity contribution in [2.45, 2.75) is 6.92 Å². The first-order valence-corrected chi connectivity index (χ1v) is 3.70. The molecule has 2 N–H and O–H groups in total. The predicted molar refractivity (Wildman–Crippen MR) is 47.6 cm³/mol. The number of hydrogen-bond donors (Lipinski definition) is 2. The molecule has 1 unspecified atom stereocenters. The molecule has 1 aliphatic carbocycles. The van der Waals surface area contributed by atoms with Crippen molar-refractivity contribution >= 4 is 12.6 Å². The van der Waals surface area contributed by atoms with Crippen LogP contribution in [0, 0.1) is 5.92 Å². The van der Waals surface area contributed by atoms with E-state index in [0.29, 0.717) is 5.92 Å². The van der Waals surface area contributed by atoms with Gasteiger partial charge in [0.1, 0.15) is 0 Å². The van der Waals surface area contributed by atoms with Gasteiger partial charge in [-0.1, -0.05) is 25.2 Å². The van der Waals surface area contributed by atoms with Crippen molar-refractivity contribution in [1.29, 1.82) is 0 Å². The van der Waals surface area contributed by atoms with Crippen LogP contribution in [-0.2, 0) is 0 Å². The molecule has 0 saturated carbocycles. The molecule has 0 aliphatic heterocycles. The number of hydrogen-bond acceptors (Lipinski definition) is 2. The zero-order valence-corrected chi connectivity index (χ0v) is 6.81. The fourth-order valence-electron chi connectivity index (χ4n) is 0.842. The molecule has 0 spiro atoms. The Morgan fingerprint density at radius 1 is 1.60 bits per heavy atom. The van der Waals surface area contributed by atoms with Crippen molar-refractivity contribution in [3.63, 3.8) is 0 Å². The van der Waals surface area contributed by atoms with Crippen LogP contribution < -0.4 is 5.73 Å². The molecule has 0 aromatic carbocycles. The van der Waals surface area contributed by atoms with Gasteiger partial charge in [0.05, 0.1) is 0 Å². The molecule has 1 aliphatic rings. The summed E-state index contributed by atoms with van der Waals surface area (Å²) in [5, 5.41) is 0. The van der Waals surface area contributed by atoms with Crippen LogP contribution >= 0.6 is 12.6 Å². The van der Waals surface area contributed by atoms with E-state index in [-0.39, 0.29) is 0 Å². The second-order valence-corrected chi connectivity index (χ2v) is 2.90. The zero-order valence-electron chi connectivity index (χ0n) is 5.91. The number of nitrogens with two attached hydrogens (primary N) is 1. The highest BCUT2D eigenvalue weighted by Crippen LogP contribution is 2.15. The largest absolute Gasteiger partial charge is 0.398 e. The molecule has 0 fully saturated rings. The lowest BCUT2D eigenvalue weighted by molar-refractivity contribution is 0.931. The van der Waals surface area contributed by atoms with Gasteiger partial charge in [0.15, 0.2) is 0 Å². The van der Waals surface area contributed by atoms with Crippen LogP contribution in [-0.4, -0.2) is 0 Å². The Morgan fingerprint density at radius 2 is 2.30 bits per heavy atom. The molecule has 1 atom stereocenters. The van der Waals surface area contributed by atoms with E-state index in [4.69, 9.17) is 5.73 Å². The fourth-order valence-corrected chi connectivity index (χ4v) is 1.00. The van der Waals surface area contributed by atoms with Gasteiger partial charge in [-0.2, -0.15) is 0 Å². The van der Waals surface area contributed by atoms with Gasteiger partial charge in [0, 0.05) is 10.6 Å². The van der Waals surface area contributed by atoms with Gasteiger partial charge >= 0.3 is 0 Å². The van der Waals surface area contributed by atoms with Crippen LogP contribution in [0.4, 0.5) is 0 Å². The maximum atomic E-state index is 5.65. The monoisotopic (exact) mass is 153 g/mol. The molecule has 0 heterocycles. The molecule has 1 rings (SSSR count). The van der Waals surface area contributed by atoms with E-state index in [1.807, 2.05) is 18.2 Å². The summed E-state index contributed by atoms with van der Waals surface area (Å²) in [5.74, 6) is 0.417. The van der Waals surface area contributed by atoms with Crippen molar-refractivity contribution in [3.05, 3.63) is 34.9 Å². The Kier molecular flexibility index (Phi) is 2.22. The molecule has 0 saturated heterocycles. The van der Waals surface area contributed by atoms with Gasteiger partial charge in [-0.05, 0) is 12.0 Å². The van der Waals surface area contributed by atoms with Gasteiger partial charge < -0.3 is 5.73 Å². The van der Waals surface area contributed by atoms with Gasteiger partial charge in [-0.15, -0.1) is 12.6 Å². The van der Waals surface area contributed by atoms with Gasteiger partial charge in [-0.25, -0.2) is 0 Å². The lowest BCUT2D eigenvalue weighted by atomic mass is 10.1. The molecular weight excluding hydrogens is 142 g/mol. The molecule has 0 aromatic heterocycles. The number of rotatable bonds is 0. The maximum Gasteiger partial charge on any atom is 0.0414 e. The van der Waals surface area contributed by atoms with Crippen LogP contribution in [0.25, 0.3) is 0 Å². The molecule has 0 amide bonds. The van der Waals surface area contributed by atoms with Crippen LogP contribution in [0.3, 0.4) is 0 Å². The van der Waals surface area contributed by atoms with E-state index in [9.17, 15) is 0 Å². The Balaban J connectivity index is 2.90. The first kappa shape index (κ1) is 7.48. The molecule has 10 heavy (non-hydrogen) atoms. The van der Waals surface area contributed by atoms with E-state index < -0.39 is 0 Å². The summed E-state index contributed by atoms with van der Waals surface area (Å²) in [6.07, 6.45) is 7.94. The van der Waals surface area contributed by atoms with E-state index in [2.05, 4.69) is 25.6 Å². The van der Waals surface area contributed by atoms with Crippen molar-refractivity contribution in [2.75, 3.05) is 0 Å². The predicted octanol–water partition coefficient (Wildman–Crippen LogP) is 1.85. The SMILES string of the molecule is CC1C=CC=C(S)C(N)=C1. The third-order valence-corrected chi connectivity index (χ3v) is 1.81. The van der Waals surface area contributed by atoms with Gasteiger partial charge in [0.2, 0.25) is 0 Å². The average molecular weight is 153 g/mol. The van der Waals surface area contributed by atoms with Crippen LogP contribution in [0.5, 0.6) is 0 Å². The summed E-state index contributed by atoms with van der Waals surface area (Å²) in [7, 11) is 0. The van der Waals surface area contributed by atoms with Gasteiger partial charge in [-0.3, -0.25) is 0 Å². The minimum absolute atomic E-state index is 0.417. The molecule has 1 nitrogen and oxygen atoms in total. The molecule has 0 bridgehead atoms. The summed E-state index contributed by atoms with van der Waals surface area (Å²) in [6, 6.07) is 0. The van der Waals surface area contributed by atoms with Crippen LogP contribution in [0.2, 0.25) is 0 Å². The third kappa shape index (κ3) is 1.67. The first-order valence-electron chi connectivity index (χ1n) is 3.25. The summed E-state index contributed by atoms with van der Waals surface area (Å²) < 4.78 is 0. The minimum Gasteiger partial charge on any atom is -0.398 e. The third-order valence-electron chi connectivity index (χ3n) is 1.41. The smallest absolute Gasteiger partial charge is 0.0414 e. The zero-order chi connectivity index (χ0) is 7.56. The fraction of sp³-hybridized carbons (Fsp3) is 0.250. The average Bonchev–Trinajstić information content (AvgIpc) is 1.96. The van der Waals surface area contributed by atoms with Crippen molar-refractivity contribution in [2.24, 2.45) is 11.7 Å². The normalized spacial score (nSPS) is 25.2. The lowest BCUT2D eigenvalue weighted by Gasteiger charge is -1.99.